The highest BCUT2D eigenvalue weighted by molar-refractivity contribution is 5.98. The SMILES string of the molecule is COc1cc(C=O)cc2c1OC1C2C(C(=O)NCCO)=CC(N(Cc2ccccc2F)C(=O)c2ccc(C(F)(F)F)cc2)C1O. The van der Waals surface area contributed by atoms with Crippen LogP contribution in [0.15, 0.2) is 72.3 Å². The summed E-state index contributed by atoms with van der Waals surface area (Å²) >= 11 is 0. The molecule has 0 spiro atoms. The minimum absolute atomic E-state index is 0.0198. The zero-order chi connectivity index (χ0) is 32.5. The molecule has 4 atom stereocenters. The maximum absolute atomic E-state index is 14.9. The van der Waals surface area contributed by atoms with Crippen LogP contribution in [0.1, 0.15) is 43.3 Å². The van der Waals surface area contributed by atoms with Crippen LogP contribution in [0.3, 0.4) is 0 Å². The molecular formula is C32H28F4N2O7. The van der Waals surface area contributed by atoms with Gasteiger partial charge in [0.25, 0.3) is 5.91 Å². The first-order valence-electron chi connectivity index (χ1n) is 13.8. The summed E-state index contributed by atoms with van der Waals surface area (Å²) in [7, 11) is 1.35. The number of nitrogens with zero attached hydrogens (tertiary/aromatic N) is 1. The molecular weight excluding hydrogens is 600 g/mol. The van der Waals surface area contributed by atoms with E-state index in [-0.39, 0.29) is 46.9 Å². The molecule has 0 radical (unpaired) electrons. The van der Waals surface area contributed by atoms with Crippen molar-refractivity contribution in [1.29, 1.82) is 0 Å². The fourth-order valence-electron chi connectivity index (χ4n) is 5.65. The largest absolute Gasteiger partial charge is 0.493 e. The number of aliphatic hydroxyl groups excluding tert-OH is 2. The standard InChI is InChI=1S/C32H28F4N2O7/c1-44-25-13-17(16-40)12-21-26-22(30(42)37-10-11-39)14-24(27(41)29(26)45-28(21)25)38(15-19-4-2-3-5-23(19)33)31(43)18-6-8-20(9-7-18)32(34,35)36/h2-9,12-14,16,24,26-27,29,39,41H,10-11,15H2,1H3,(H,37,42). The molecule has 4 unspecified atom stereocenters. The summed E-state index contributed by atoms with van der Waals surface area (Å²) in [5.41, 5.74) is -0.532. The van der Waals surface area contributed by atoms with Crippen LogP contribution in [0.5, 0.6) is 11.5 Å². The maximum atomic E-state index is 14.9. The molecule has 0 aromatic heterocycles. The molecule has 1 heterocycles. The number of aldehydes is 1. The first kappa shape index (κ1) is 31.7. The average molecular weight is 629 g/mol. The number of alkyl halides is 3. The second kappa shape index (κ2) is 12.7. The van der Waals surface area contributed by atoms with Crippen LogP contribution in [0.2, 0.25) is 0 Å². The Hall–Kier alpha value is -4.75. The zero-order valence-corrected chi connectivity index (χ0v) is 23.8. The predicted molar refractivity (Wildman–Crippen MR) is 151 cm³/mol. The molecule has 0 saturated heterocycles. The number of carbonyl (C=O) groups is 3. The maximum Gasteiger partial charge on any atom is 0.416 e. The zero-order valence-electron chi connectivity index (χ0n) is 23.8. The number of hydrogen-bond donors (Lipinski definition) is 3. The molecule has 3 aromatic rings. The molecule has 1 aliphatic carbocycles. The number of benzene rings is 3. The number of hydrogen-bond acceptors (Lipinski definition) is 7. The van der Waals surface area contributed by atoms with E-state index >= 15 is 0 Å². The van der Waals surface area contributed by atoms with E-state index in [9.17, 15) is 42.2 Å². The molecule has 0 saturated carbocycles. The summed E-state index contributed by atoms with van der Waals surface area (Å²) in [6, 6.07) is 10.5. The molecule has 1 aliphatic heterocycles. The lowest BCUT2D eigenvalue weighted by Gasteiger charge is -2.40. The van der Waals surface area contributed by atoms with Crippen LogP contribution >= 0.6 is 0 Å². The molecule has 2 aliphatic rings. The number of halogens is 4. The van der Waals surface area contributed by atoms with E-state index < -0.39 is 60.1 Å². The minimum Gasteiger partial charge on any atom is -0.493 e. The van der Waals surface area contributed by atoms with Crippen molar-refractivity contribution in [2.24, 2.45) is 0 Å². The van der Waals surface area contributed by atoms with Gasteiger partial charge in [0.2, 0.25) is 5.91 Å². The van der Waals surface area contributed by atoms with Gasteiger partial charge in [-0.2, -0.15) is 13.2 Å². The van der Waals surface area contributed by atoms with Crippen molar-refractivity contribution in [3.05, 3.63) is 106 Å². The number of ether oxygens (including phenoxy) is 2. The van der Waals surface area contributed by atoms with Gasteiger partial charge in [0.1, 0.15) is 24.3 Å². The Labute approximate surface area is 254 Å². The molecule has 0 fully saturated rings. The number of carbonyl (C=O) groups excluding carboxylic acids is 3. The number of methoxy groups -OCH3 is 1. The Kier molecular flexibility index (Phi) is 8.94. The van der Waals surface area contributed by atoms with Crippen molar-refractivity contribution in [2.45, 2.75) is 36.9 Å². The van der Waals surface area contributed by atoms with Crippen molar-refractivity contribution in [2.75, 3.05) is 20.3 Å². The highest BCUT2D eigenvalue weighted by Gasteiger charge is 2.51. The minimum atomic E-state index is -4.65. The first-order valence-corrected chi connectivity index (χ1v) is 13.8. The number of rotatable bonds is 9. The molecule has 45 heavy (non-hydrogen) atoms. The third kappa shape index (κ3) is 6.13. The molecule has 2 amide bonds. The van der Waals surface area contributed by atoms with Crippen molar-refractivity contribution in [3.63, 3.8) is 0 Å². The Morgan fingerprint density at radius 2 is 1.82 bits per heavy atom. The van der Waals surface area contributed by atoms with Crippen molar-refractivity contribution in [3.8, 4) is 11.5 Å². The second-order valence-corrected chi connectivity index (χ2v) is 10.5. The molecule has 3 N–H and O–H groups in total. The Bertz CT molecular complexity index is 1640. The van der Waals surface area contributed by atoms with E-state index in [0.29, 0.717) is 11.8 Å². The smallest absolute Gasteiger partial charge is 0.416 e. The van der Waals surface area contributed by atoms with Gasteiger partial charge in [-0.15, -0.1) is 0 Å². The third-order valence-electron chi connectivity index (χ3n) is 7.79. The summed E-state index contributed by atoms with van der Waals surface area (Å²) in [6.07, 6.45) is -5.51. The van der Waals surface area contributed by atoms with Crippen LogP contribution in [0.4, 0.5) is 17.6 Å². The molecule has 3 aromatic carbocycles. The van der Waals surface area contributed by atoms with Gasteiger partial charge in [0.05, 0.1) is 31.2 Å². The second-order valence-electron chi connectivity index (χ2n) is 10.5. The van der Waals surface area contributed by atoms with Gasteiger partial charge < -0.3 is 29.9 Å². The quantitative estimate of drug-likeness (QED) is 0.244. The molecule has 5 rings (SSSR count). The lowest BCUT2D eigenvalue weighted by atomic mass is 9.77. The van der Waals surface area contributed by atoms with Crippen LogP contribution in [0, 0.1) is 5.82 Å². The Balaban J connectivity index is 1.64. The van der Waals surface area contributed by atoms with Gasteiger partial charge in [-0.3, -0.25) is 14.4 Å². The number of nitrogens with one attached hydrogen (secondary N) is 1. The Morgan fingerprint density at radius 1 is 1.11 bits per heavy atom. The van der Waals surface area contributed by atoms with E-state index in [0.717, 1.165) is 29.2 Å². The summed E-state index contributed by atoms with van der Waals surface area (Å²) < 4.78 is 66.1. The van der Waals surface area contributed by atoms with Gasteiger partial charge in [0.15, 0.2) is 11.5 Å². The number of amides is 2. The van der Waals surface area contributed by atoms with Crippen LogP contribution in [-0.2, 0) is 17.5 Å². The van der Waals surface area contributed by atoms with Gasteiger partial charge in [-0.1, -0.05) is 18.2 Å². The topological polar surface area (TPSA) is 125 Å². The lowest BCUT2D eigenvalue weighted by molar-refractivity contribution is -0.137. The fraction of sp³-hybridized carbons (Fsp3) is 0.281. The third-order valence-corrected chi connectivity index (χ3v) is 7.79. The predicted octanol–water partition coefficient (Wildman–Crippen LogP) is 3.63. The van der Waals surface area contributed by atoms with E-state index in [1.54, 1.807) is 0 Å². The van der Waals surface area contributed by atoms with Gasteiger partial charge >= 0.3 is 6.18 Å². The first-order chi connectivity index (χ1) is 21.5. The Morgan fingerprint density at radius 3 is 2.44 bits per heavy atom. The van der Waals surface area contributed by atoms with Crippen LogP contribution in [-0.4, -0.2) is 71.7 Å². The lowest BCUT2D eigenvalue weighted by Crippen LogP contribution is -2.55. The van der Waals surface area contributed by atoms with E-state index in [1.807, 2.05) is 0 Å². The molecule has 0 bridgehead atoms. The van der Waals surface area contributed by atoms with Gasteiger partial charge in [-0.05, 0) is 48.5 Å². The van der Waals surface area contributed by atoms with Gasteiger partial charge in [0, 0.05) is 40.9 Å². The van der Waals surface area contributed by atoms with E-state index in [2.05, 4.69) is 5.32 Å². The number of fused-ring (bicyclic) bond motifs is 3. The summed E-state index contributed by atoms with van der Waals surface area (Å²) in [4.78, 5) is 40.2. The van der Waals surface area contributed by atoms with E-state index in [4.69, 9.17) is 9.47 Å². The normalized spacial score (nSPS) is 20.3. The average Bonchev–Trinajstić information content (AvgIpc) is 3.42. The summed E-state index contributed by atoms with van der Waals surface area (Å²) in [6.45, 7) is -0.948. The van der Waals surface area contributed by atoms with Crippen molar-refractivity contribution in [1.82, 2.24) is 10.2 Å². The van der Waals surface area contributed by atoms with Crippen molar-refractivity contribution < 1.29 is 51.6 Å². The van der Waals surface area contributed by atoms with Gasteiger partial charge in [-0.25, -0.2) is 4.39 Å². The highest BCUT2D eigenvalue weighted by Crippen LogP contribution is 2.51. The van der Waals surface area contributed by atoms with Crippen LogP contribution < -0.4 is 14.8 Å². The number of aliphatic hydroxyl groups is 2. The molecule has 9 nitrogen and oxygen atoms in total. The van der Waals surface area contributed by atoms with Crippen molar-refractivity contribution >= 4 is 18.1 Å². The molecule has 236 valence electrons. The van der Waals surface area contributed by atoms with E-state index in [1.165, 1.54) is 49.6 Å². The highest BCUT2D eigenvalue weighted by atomic mass is 19.4. The molecule has 13 heteroatoms. The summed E-state index contributed by atoms with van der Waals surface area (Å²) in [5.74, 6) is -2.82. The fourth-order valence-corrected chi connectivity index (χ4v) is 5.65. The monoisotopic (exact) mass is 628 g/mol. The van der Waals surface area contributed by atoms with Crippen LogP contribution in [0.25, 0.3) is 0 Å². The summed E-state index contributed by atoms with van der Waals surface area (Å²) in [5, 5.41) is 23.6.